The third kappa shape index (κ3) is 7.37. The van der Waals surface area contributed by atoms with Crippen molar-refractivity contribution in [2.75, 3.05) is 0 Å². The van der Waals surface area contributed by atoms with Crippen molar-refractivity contribution in [3.05, 3.63) is 255 Å². The molecule has 3 aromatic heterocycles. The van der Waals surface area contributed by atoms with E-state index in [-0.39, 0.29) is 0 Å². The smallest absolute Gasteiger partial charge is 0.160 e. The molecule has 4 heteroatoms. The maximum absolute atomic E-state index is 5.65. The molecule has 0 saturated heterocycles. The van der Waals surface area contributed by atoms with Gasteiger partial charge in [0.1, 0.15) is 0 Å². The van der Waals surface area contributed by atoms with Gasteiger partial charge in [-0.1, -0.05) is 206 Å². The van der Waals surface area contributed by atoms with Crippen LogP contribution in [-0.2, 0) is 0 Å². The second-order valence-corrected chi connectivity index (χ2v) is 16.7. The van der Waals surface area contributed by atoms with Gasteiger partial charge in [0.25, 0.3) is 0 Å². The first-order valence-corrected chi connectivity index (χ1v) is 22.7. The second kappa shape index (κ2) is 17.2. The zero-order valence-corrected chi connectivity index (χ0v) is 36.5. The molecule has 4 nitrogen and oxygen atoms in total. The lowest BCUT2D eigenvalue weighted by atomic mass is 9.83. The molecule has 0 aliphatic heterocycles. The predicted octanol–water partition coefficient (Wildman–Crippen LogP) is 16.3. The number of pyridine rings is 1. The maximum Gasteiger partial charge on any atom is 0.160 e. The molecule has 12 rings (SSSR count). The van der Waals surface area contributed by atoms with Crippen molar-refractivity contribution in [3.8, 4) is 95.5 Å². The lowest BCUT2D eigenvalue weighted by molar-refractivity contribution is 1.16. The summed E-state index contributed by atoms with van der Waals surface area (Å²) < 4.78 is 2.34. The fraction of sp³-hybridized carbons (Fsp3) is 0. The molecule has 0 saturated carbocycles. The summed E-state index contributed by atoms with van der Waals surface area (Å²) >= 11 is 0. The highest BCUT2D eigenvalue weighted by molar-refractivity contribution is 6.09. The summed E-state index contributed by atoms with van der Waals surface area (Å²) in [4.78, 5) is 16.3. The number of fused-ring (bicyclic) bond motifs is 3. The van der Waals surface area contributed by atoms with Gasteiger partial charge in [-0.05, 0) is 65.2 Å². The van der Waals surface area contributed by atoms with Gasteiger partial charge in [-0.2, -0.15) is 0 Å². The van der Waals surface area contributed by atoms with Gasteiger partial charge < -0.3 is 4.57 Å². The first-order chi connectivity index (χ1) is 33.2. The van der Waals surface area contributed by atoms with Gasteiger partial charge in [-0.25, -0.2) is 15.0 Å². The van der Waals surface area contributed by atoms with E-state index in [4.69, 9.17) is 15.0 Å². The highest BCUT2D eigenvalue weighted by atomic mass is 15.0. The number of para-hydroxylation sites is 2. The fourth-order valence-corrected chi connectivity index (χ4v) is 9.53. The molecular weight excluding hydrogens is 813 g/mol. The Balaban J connectivity index is 1.07. The lowest BCUT2D eigenvalue weighted by Crippen LogP contribution is -2.02. The van der Waals surface area contributed by atoms with Crippen molar-refractivity contribution < 1.29 is 0 Å². The topological polar surface area (TPSA) is 43.6 Å². The number of rotatable bonds is 9. The van der Waals surface area contributed by atoms with Gasteiger partial charge in [-0.3, -0.25) is 0 Å². The quantitative estimate of drug-likeness (QED) is 0.145. The average molecular weight is 855 g/mol. The Kier molecular flexibility index (Phi) is 10.2. The van der Waals surface area contributed by atoms with Crippen LogP contribution in [0.1, 0.15) is 0 Å². The van der Waals surface area contributed by atoms with Crippen LogP contribution >= 0.6 is 0 Å². The van der Waals surface area contributed by atoms with Crippen LogP contribution in [0.2, 0.25) is 0 Å². The van der Waals surface area contributed by atoms with Crippen molar-refractivity contribution in [3.63, 3.8) is 0 Å². The second-order valence-electron chi connectivity index (χ2n) is 16.7. The first kappa shape index (κ1) is 39.6. The summed E-state index contributed by atoms with van der Waals surface area (Å²) in [7, 11) is 0. The van der Waals surface area contributed by atoms with E-state index >= 15 is 0 Å². The fourth-order valence-electron chi connectivity index (χ4n) is 9.53. The summed E-state index contributed by atoms with van der Waals surface area (Å²) in [5.41, 5.74) is 18.5. The van der Waals surface area contributed by atoms with Crippen LogP contribution in [0.25, 0.3) is 117 Å². The van der Waals surface area contributed by atoms with Crippen molar-refractivity contribution in [2.45, 2.75) is 0 Å². The van der Waals surface area contributed by atoms with Crippen molar-refractivity contribution in [1.82, 2.24) is 19.5 Å². The highest BCUT2D eigenvalue weighted by Crippen LogP contribution is 2.49. The molecule has 0 amide bonds. The van der Waals surface area contributed by atoms with Crippen LogP contribution in [-0.4, -0.2) is 19.5 Å². The van der Waals surface area contributed by atoms with Gasteiger partial charge in [0.2, 0.25) is 0 Å². The van der Waals surface area contributed by atoms with Gasteiger partial charge in [0.15, 0.2) is 5.82 Å². The molecule has 0 aliphatic rings. The molecule has 9 aromatic carbocycles. The summed E-state index contributed by atoms with van der Waals surface area (Å²) in [6.07, 6.45) is 0. The Morgan fingerprint density at radius 2 is 0.657 bits per heavy atom. The molecule has 0 atom stereocenters. The van der Waals surface area contributed by atoms with Gasteiger partial charge in [0.05, 0.1) is 33.8 Å². The molecular formula is C63H42N4. The van der Waals surface area contributed by atoms with Crippen LogP contribution in [0, 0.1) is 0 Å². The molecule has 0 unspecified atom stereocenters. The molecule has 0 spiro atoms. The van der Waals surface area contributed by atoms with E-state index in [1.807, 2.05) is 6.07 Å². The minimum Gasteiger partial charge on any atom is -0.309 e. The normalized spacial score (nSPS) is 11.3. The number of hydrogen-bond acceptors (Lipinski definition) is 3. The van der Waals surface area contributed by atoms with E-state index in [9.17, 15) is 0 Å². The van der Waals surface area contributed by atoms with Crippen LogP contribution in [0.4, 0.5) is 0 Å². The molecule has 0 bridgehead atoms. The molecule has 0 N–H and O–H groups in total. The number of benzene rings is 9. The van der Waals surface area contributed by atoms with E-state index in [1.165, 1.54) is 21.8 Å². The largest absolute Gasteiger partial charge is 0.309 e. The third-order valence-corrected chi connectivity index (χ3v) is 12.6. The van der Waals surface area contributed by atoms with Crippen molar-refractivity contribution in [1.29, 1.82) is 0 Å². The molecule has 314 valence electrons. The zero-order chi connectivity index (χ0) is 44.5. The summed E-state index contributed by atoms with van der Waals surface area (Å²) in [5.74, 6) is 0.659. The molecule has 67 heavy (non-hydrogen) atoms. The molecule has 3 heterocycles. The Hall–Kier alpha value is -8.99. The van der Waals surface area contributed by atoms with E-state index in [1.54, 1.807) is 0 Å². The molecule has 0 aliphatic carbocycles. The van der Waals surface area contributed by atoms with Gasteiger partial charge >= 0.3 is 0 Å². The number of aromatic nitrogens is 4. The van der Waals surface area contributed by atoms with Crippen LogP contribution in [0.5, 0.6) is 0 Å². The van der Waals surface area contributed by atoms with Crippen molar-refractivity contribution in [2.24, 2.45) is 0 Å². The van der Waals surface area contributed by atoms with Crippen LogP contribution < -0.4 is 0 Å². The molecule has 0 fully saturated rings. The highest BCUT2D eigenvalue weighted by Gasteiger charge is 2.26. The molecule has 0 radical (unpaired) electrons. The minimum atomic E-state index is 0.659. The van der Waals surface area contributed by atoms with E-state index in [0.717, 1.165) is 89.7 Å². The monoisotopic (exact) mass is 854 g/mol. The van der Waals surface area contributed by atoms with Crippen LogP contribution in [0.3, 0.4) is 0 Å². The Morgan fingerprint density at radius 3 is 1.16 bits per heavy atom. The van der Waals surface area contributed by atoms with Gasteiger partial charge in [-0.15, -0.1) is 0 Å². The molecule has 12 aromatic rings. The summed E-state index contributed by atoms with van der Waals surface area (Å²) in [6, 6.07) is 89.8. The zero-order valence-electron chi connectivity index (χ0n) is 36.5. The Morgan fingerprint density at radius 1 is 0.254 bits per heavy atom. The average Bonchev–Trinajstić information content (AvgIpc) is 3.76. The Labute approximate surface area is 389 Å². The van der Waals surface area contributed by atoms with E-state index in [0.29, 0.717) is 5.82 Å². The lowest BCUT2D eigenvalue weighted by Gasteiger charge is -2.23. The maximum atomic E-state index is 5.65. The van der Waals surface area contributed by atoms with Crippen molar-refractivity contribution >= 4 is 21.8 Å². The third-order valence-electron chi connectivity index (χ3n) is 12.6. The van der Waals surface area contributed by atoms with Gasteiger partial charge in [0, 0.05) is 61.0 Å². The number of hydrogen-bond donors (Lipinski definition) is 0. The van der Waals surface area contributed by atoms with E-state index < -0.39 is 0 Å². The standard InChI is InChI=1S/C63H42N4/c1-6-21-43(22-7-1)54-42-55(65-63(64-54)48-37-39-51(40-38-48)67-56-35-18-16-33-52(56)53-34-17-19-36-57(53)67)49-31-20-32-50(41-49)58-59(44-23-8-2-9-24-44)61(46-27-12-4-13-28-46)66-62(47-29-14-5-15-30-47)60(58)45-25-10-3-11-26-45/h1-42H. The minimum absolute atomic E-state index is 0.659. The Bertz CT molecular complexity index is 3540. The first-order valence-electron chi connectivity index (χ1n) is 22.7. The number of nitrogens with zero attached hydrogens (tertiary/aromatic N) is 4. The SMILES string of the molecule is c1ccc(-c2cc(-c3cccc(-c4c(-c5ccccc5)c(-c5ccccc5)nc(-c5ccccc5)c4-c4ccccc4)c3)nc(-c3ccc(-n4c5ccccc5c5ccccc54)cc3)n2)cc1. The summed E-state index contributed by atoms with van der Waals surface area (Å²) in [6.45, 7) is 0. The van der Waals surface area contributed by atoms with Crippen LogP contribution in [0.15, 0.2) is 255 Å². The van der Waals surface area contributed by atoms with E-state index in [2.05, 4.69) is 253 Å². The summed E-state index contributed by atoms with van der Waals surface area (Å²) in [5, 5.41) is 2.47. The predicted molar refractivity (Wildman–Crippen MR) is 278 cm³/mol.